The predicted molar refractivity (Wildman–Crippen MR) is 80.9 cm³/mol. The number of aromatic nitrogens is 2. The molecule has 0 aliphatic heterocycles. The average Bonchev–Trinajstić information content (AvgIpc) is 2.48. The molecule has 7 nitrogen and oxygen atoms in total. The molecule has 0 spiro atoms. The van der Waals surface area contributed by atoms with Crippen molar-refractivity contribution in [2.45, 2.75) is 13.8 Å². The molecule has 1 rings (SSSR count). The fraction of sp³-hybridized carbons (Fsp3) is 0.643. The number of carbonyl (C=O) groups is 1. The summed E-state index contributed by atoms with van der Waals surface area (Å²) in [6.45, 7) is 8.70. The summed E-state index contributed by atoms with van der Waals surface area (Å²) in [4.78, 5) is 23.0. The number of anilines is 1. The van der Waals surface area contributed by atoms with Crippen LogP contribution in [0.15, 0.2) is 12.4 Å². The molecule has 118 valence electrons. The van der Waals surface area contributed by atoms with Crippen molar-refractivity contribution in [3.63, 3.8) is 0 Å². The van der Waals surface area contributed by atoms with Crippen LogP contribution in [-0.4, -0.2) is 72.4 Å². The Hall–Kier alpha value is -1.73. The van der Waals surface area contributed by atoms with Crippen LogP contribution in [0.25, 0.3) is 0 Å². The molecule has 1 aromatic heterocycles. The lowest BCUT2D eigenvalue weighted by Gasteiger charge is -2.25. The molecule has 1 aromatic rings. The summed E-state index contributed by atoms with van der Waals surface area (Å²) in [5.74, 6) is -0.397. The lowest BCUT2D eigenvalue weighted by atomic mass is 10.3. The quantitative estimate of drug-likeness (QED) is 0.644. The van der Waals surface area contributed by atoms with Gasteiger partial charge in [0.2, 0.25) is 0 Å². The van der Waals surface area contributed by atoms with Crippen molar-refractivity contribution in [3.8, 4) is 0 Å². The molecule has 0 fully saturated rings. The van der Waals surface area contributed by atoms with Crippen molar-refractivity contribution in [1.29, 1.82) is 0 Å². The Morgan fingerprint density at radius 2 is 2.05 bits per heavy atom. The Morgan fingerprint density at radius 3 is 2.67 bits per heavy atom. The van der Waals surface area contributed by atoms with Gasteiger partial charge in [0, 0.05) is 38.9 Å². The summed E-state index contributed by atoms with van der Waals surface area (Å²) in [5, 5.41) is 8.97. The summed E-state index contributed by atoms with van der Waals surface area (Å²) in [5.41, 5.74) is 0.0168. The number of rotatable bonds is 10. The summed E-state index contributed by atoms with van der Waals surface area (Å²) in [6.07, 6.45) is 1.29. The Bertz CT molecular complexity index is 442. The summed E-state index contributed by atoms with van der Waals surface area (Å²) >= 11 is 0. The highest BCUT2D eigenvalue weighted by atomic mass is 16.5. The van der Waals surface area contributed by atoms with Crippen LogP contribution in [-0.2, 0) is 4.74 Å². The second-order valence-electron chi connectivity index (χ2n) is 4.65. The molecular weight excluding hydrogens is 272 g/mol. The second-order valence-corrected chi connectivity index (χ2v) is 4.65. The smallest absolute Gasteiger partial charge is 0.354 e. The monoisotopic (exact) mass is 296 g/mol. The maximum atomic E-state index is 10.9. The summed E-state index contributed by atoms with van der Waals surface area (Å²) in [7, 11) is 2.04. The highest BCUT2D eigenvalue weighted by molar-refractivity contribution is 5.86. The van der Waals surface area contributed by atoms with Crippen molar-refractivity contribution < 1.29 is 14.6 Å². The van der Waals surface area contributed by atoms with Crippen LogP contribution in [0.5, 0.6) is 0 Å². The maximum Gasteiger partial charge on any atom is 0.354 e. The molecule has 0 amide bonds. The highest BCUT2D eigenvalue weighted by Crippen LogP contribution is 2.10. The van der Waals surface area contributed by atoms with Crippen LogP contribution in [0.2, 0.25) is 0 Å². The van der Waals surface area contributed by atoms with Crippen molar-refractivity contribution in [3.05, 3.63) is 18.1 Å². The van der Waals surface area contributed by atoms with Crippen LogP contribution < -0.4 is 4.90 Å². The minimum Gasteiger partial charge on any atom is -0.477 e. The van der Waals surface area contributed by atoms with Gasteiger partial charge in [-0.1, -0.05) is 0 Å². The number of carboxylic acid groups (broad SMARTS) is 1. The van der Waals surface area contributed by atoms with Crippen LogP contribution in [0, 0.1) is 0 Å². The van der Waals surface area contributed by atoms with Gasteiger partial charge in [0.15, 0.2) is 5.69 Å². The molecule has 0 saturated carbocycles. The predicted octanol–water partition coefficient (Wildman–Crippen LogP) is 0.969. The third-order valence-electron chi connectivity index (χ3n) is 3.15. The van der Waals surface area contributed by atoms with E-state index in [1.807, 2.05) is 25.8 Å². The largest absolute Gasteiger partial charge is 0.477 e. The third-order valence-corrected chi connectivity index (χ3v) is 3.15. The Kier molecular flexibility index (Phi) is 7.63. The van der Waals surface area contributed by atoms with Gasteiger partial charge in [0.1, 0.15) is 12.1 Å². The van der Waals surface area contributed by atoms with E-state index >= 15 is 0 Å². The number of nitrogens with zero attached hydrogens (tertiary/aromatic N) is 4. The first-order chi connectivity index (χ1) is 10.1. The lowest BCUT2D eigenvalue weighted by Crippen LogP contribution is -2.35. The van der Waals surface area contributed by atoms with Crippen molar-refractivity contribution in [2.75, 3.05) is 51.3 Å². The van der Waals surface area contributed by atoms with Gasteiger partial charge in [-0.25, -0.2) is 14.8 Å². The second kappa shape index (κ2) is 9.25. The molecule has 7 heteroatoms. The fourth-order valence-electron chi connectivity index (χ4n) is 1.84. The van der Waals surface area contributed by atoms with Crippen LogP contribution >= 0.6 is 0 Å². The van der Waals surface area contributed by atoms with Gasteiger partial charge >= 0.3 is 5.97 Å². The Balaban J connectivity index is 2.54. The van der Waals surface area contributed by atoms with Gasteiger partial charge in [-0.2, -0.15) is 0 Å². The molecule has 0 aromatic carbocycles. The molecule has 0 radical (unpaired) electrons. The molecule has 0 aliphatic rings. The van der Waals surface area contributed by atoms with E-state index in [1.165, 1.54) is 12.4 Å². The van der Waals surface area contributed by atoms with E-state index < -0.39 is 5.97 Å². The molecular formula is C14H24N4O3. The van der Waals surface area contributed by atoms with E-state index in [0.29, 0.717) is 5.82 Å². The molecule has 0 bridgehead atoms. The number of carboxylic acids is 1. The molecule has 0 saturated heterocycles. The summed E-state index contributed by atoms with van der Waals surface area (Å²) in [6, 6.07) is 1.51. The van der Waals surface area contributed by atoms with E-state index in [0.717, 1.165) is 39.4 Å². The number of ether oxygens (including phenoxy) is 1. The van der Waals surface area contributed by atoms with Gasteiger partial charge in [-0.15, -0.1) is 0 Å². The Labute approximate surface area is 125 Å². The van der Waals surface area contributed by atoms with E-state index in [4.69, 9.17) is 9.84 Å². The number of hydrogen-bond acceptors (Lipinski definition) is 6. The van der Waals surface area contributed by atoms with E-state index in [-0.39, 0.29) is 5.69 Å². The number of hydrogen-bond donors (Lipinski definition) is 1. The van der Waals surface area contributed by atoms with Gasteiger partial charge in [-0.3, -0.25) is 0 Å². The first-order valence-corrected chi connectivity index (χ1v) is 7.15. The minimum absolute atomic E-state index is 0.0168. The maximum absolute atomic E-state index is 10.9. The van der Waals surface area contributed by atoms with Gasteiger partial charge < -0.3 is 19.6 Å². The molecule has 21 heavy (non-hydrogen) atoms. The van der Waals surface area contributed by atoms with E-state index in [9.17, 15) is 4.79 Å². The van der Waals surface area contributed by atoms with E-state index in [1.54, 1.807) is 0 Å². The minimum atomic E-state index is -1.04. The number of likely N-dealkylation sites (N-methyl/N-ethyl adjacent to an activating group) is 2. The lowest BCUT2D eigenvalue weighted by molar-refractivity contribution is 0.0690. The molecule has 1 heterocycles. The van der Waals surface area contributed by atoms with Crippen molar-refractivity contribution in [1.82, 2.24) is 14.9 Å². The zero-order valence-electron chi connectivity index (χ0n) is 12.9. The molecule has 0 atom stereocenters. The first-order valence-electron chi connectivity index (χ1n) is 7.15. The van der Waals surface area contributed by atoms with Gasteiger partial charge in [0.25, 0.3) is 0 Å². The zero-order chi connectivity index (χ0) is 15.7. The van der Waals surface area contributed by atoms with Crippen LogP contribution in [0.4, 0.5) is 5.82 Å². The topological polar surface area (TPSA) is 78.8 Å². The van der Waals surface area contributed by atoms with Crippen LogP contribution in [0.1, 0.15) is 24.3 Å². The molecule has 0 unspecified atom stereocenters. The fourth-order valence-corrected chi connectivity index (χ4v) is 1.84. The highest BCUT2D eigenvalue weighted by Gasteiger charge is 2.11. The van der Waals surface area contributed by atoms with Gasteiger partial charge in [-0.05, 0) is 20.9 Å². The summed E-state index contributed by atoms with van der Waals surface area (Å²) < 4.78 is 5.32. The average molecular weight is 296 g/mol. The van der Waals surface area contributed by atoms with Gasteiger partial charge in [0.05, 0.1) is 6.61 Å². The third kappa shape index (κ3) is 6.05. The van der Waals surface area contributed by atoms with Crippen molar-refractivity contribution >= 4 is 11.8 Å². The van der Waals surface area contributed by atoms with Crippen LogP contribution in [0.3, 0.4) is 0 Å². The molecule has 1 N–H and O–H groups in total. The van der Waals surface area contributed by atoms with Crippen molar-refractivity contribution in [2.24, 2.45) is 0 Å². The van der Waals surface area contributed by atoms with E-state index in [2.05, 4.69) is 14.9 Å². The zero-order valence-corrected chi connectivity index (χ0v) is 12.9. The Morgan fingerprint density at radius 1 is 1.29 bits per heavy atom. The standard InChI is InChI=1S/C14H24N4O3/c1-4-18(7-6-17(3)8-9-21-5-2)13-10-12(14(19)20)15-11-16-13/h10-11H,4-9H2,1-3H3,(H,19,20). The number of aromatic carboxylic acids is 1. The molecule has 0 aliphatic carbocycles. The normalized spacial score (nSPS) is 10.9. The first kappa shape index (κ1) is 17.3. The SMILES string of the molecule is CCOCCN(C)CCN(CC)c1cc(C(=O)O)ncn1.